The van der Waals surface area contributed by atoms with Gasteiger partial charge in [-0.1, -0.05) is 36.4 Å². The molecule has 42 heavy (non-hydrogen) atoms. The van der Waals surface area contributed by atoms with Crippen LogP contribution in [0.2, 0.25) is 0 Å². The number of fused-ring (bicyclic) bond motifs is 2. The maximum absolute atomic E-state index is 13.2. The number of rotatable bonds is 10. The number of unbranched alkanes of at least 4 members (excludes halogenated alkanes) is 1. The van der Waals surface area contributed by atoms with Crippen molar-refractivity contribution in [2.45, 2.75) is 55.5 Å². The van der Waals surface area contributed by atoms with Crippen LogP contribution in [0.5, 0.6) is 0 Å². The Balaban J connectivity index is 1.19. The maximum atomic E-state index is 13.2. The molecule has 0 bridgehead atoms. The van der Waals surface area contributed by atoms with Gasteiger partial charge in [0.1, 0.15) is 5.01 Å². The van der Waals surface area contributed by atoms with Crippen LogP contribution in [0.1, 0.15) is 57.8 Å². The molecule has 0 atom stereocenters. The summed E-state index contributed by atoms with van der Waals surface area (Å²) in [5.74, 6) is -0.921. The Morgan fingerprint density at radius 3 is 2.55 bits per heavy atom. The molecule has 0 saturated carbocycles. The number of hydrogen-bond donors (Lipinski definition) is 2. The van der Waals surface area contributed by atoms with E-state index in [-0.39, 0.29) is 39.1 Å². The number of benzene rings is 3. The molecule has 1 aliphatic heterocycles. The maximum Gasteiger partial charge on any atom is 0.257 e. The Labute approximate surface area is 250 Å². The van der Waals surface area contributed by atoms with E-state index in [0.29, 0.717) is 6.04 Å². The number of anilines is 1. The van der Waals surface area contributed by atoms with Crippen LogP contribution >= 0.6 is 11.3 Å². The quantitative estimate of drug-likeness (QED) is 0.222. The molecule has 0 saturated heterocycles. The van der Waals surface area contributed by atoms with Gasteiger partial charge < -0.3 is 15.5 Å². The van der Waals surface area contributed by atoms with E-state index < -0.39 is 15.7 Å². The molecule has 0 unspecified atom stereocenters. The van der Waals surface area contributed by atoms with Gasteiger partial charge in [-0.3, -0.25) is 9.59 Å². The number of amides is 2. The van der Waals surface area contributed by atoms with Gasteiger partial charge in [0.05, 0.1) is 27.6 Å². The zero-order valence-electron chi connectivity index (χ0n) is 23.9. The molecule has 218 valence electrons. The lowest BCUT2D eigenvalue weighted by atomic mass is 10.1. The average Bonchev–Trinajstić information content (AvgIpc) is 3.44. The predicted molar refractivity (Wildman–Crippen MR) is 166 cm³/mol. The molecular formula is C32H34N4O4S2. The van der Waals surface area contributed by atoms with Crippen LogP contribution in [-0.2, 0) is 22.8 Å². The molecule has 2 heterocycles. The minimum Gasteiger partial charge on any atom is -0.347 e. The van der Waals surface area contributed by atoms with Gasteiger partial charge in [-0.2, -0.15) is 0 Å². The highest BCUT2D eigenvalue weighted by atomic mass is 32.2. The first-order chi connectivity index (χ1) is 20.1. The summed E-state index contributed by atoms with van der Waals surface area (Å²) < 4.78 is 26.4. The number of sulfone groups is 1. The van der Waals surface area contributed by atoms with Crippen LogP contribution in [-0.4, -0.2) is 49.8 Å². The van der Waals surface area contributed by atoms with Crippen molar-refractivity contribution >= 4 is 38.7 Å². The number of carbonyl (C=O) groups excluding carboxylic acids is 2. The van der Waals surface area contributed by atoms with Crippen molar-refractivity contribution in [2.24, 2.45) is 0 Å². The third-order valence-corrected chi connectivity index (χ3v) is 10.4. The topological polar surface area (TPSA) is 108 Å². The van der Waals surface area contributed by atoms with Crippen LogP contribution in [0.4, 0.5) is 5.69 Å². The van der Waals surface area contributed by atoms with Crippen molar-refractivity contribution in [1.82, 2.24) is 15.2 Å². The number of carbonyl (C=O) groups is 2. The van der Waals surface area contributed by atoms with E-state index in [1.165, 1.54) is 53.7 Å². The van der Waals surface area contributed by atoms with Gasteiger partial charge in [0.15, 0.2) is 0 Å². The van der Waals surface area contributed by atoms with Crippen molar-refractivity contribution in [2.75, 3.05) is 18.9 Å². The van der Waals surface area contributed by atoms with Gasteiger partial charge in [0, 0.05) is 28.2 Å². The van der Waals surface area contributed by atoms with E-state index in [2.05, 4.69) is 65.7 Å². The summed E-state index contributed by atoms with van der Waals surface area (Å²) >= 11 is 1.51. The van der Waals surface area contributed by atoms with Crippen LogP contribution in [0.3, 0.4) is 0 Å². The fourth-order valence-corrected chi connectivity index (χ4v) is 7.20. The predicted octanol–water partition coefficient (Wildman–Crippen LogP) is 5.80. The number of aromatic nitrogens is 1. The van der Waals surface area contributed by atoms with E-state index in [4.69, 9.17) is 0 Å². The smallest absolute Gasteiger partial charge is 0.257 e. The number of aryl methyl sites for hydroxylation is 1. The highest BCUT2D eigenvalue weighted by Crippen LogP contribution is 2.34. The zero-order valence-corrected chi connectivity index (χ0v) is 25.5. The second-order valence-corrected chi connectivity index (χ2v) is 13.7. The zero-order chi connectivity index (χ0) is 29.9. The fourth-order valence-electron chi connectivity index (χ4n) is 4.75. The molecule has 0 aliphatic carbocycles. The molecule has 5 rings (SSSR count). The van der Waals surface area contributed by atoms with Crippen molar-refractivity contribution in [3.05, 3.63) is 94.5 Å². The third-order valence-electron chi connectivity index (χ3n) is 7.49. The lowest BCUT2D eigenvalue weighted by molar-refractivity contribution is 0.0949. The molecule has 2 N–H and O–H groups in total. The normalized spacial score (nSPS) is 13.8. The third kappa shape index (κ3) is 6.46. The molecule has 10 heteroatoms. The van der Waals surface area contributed by atoms with Crippen molar-refractivity contribution in [3.63, 3.8) is 0 Å². The molecule has 0 spiro atoms. The van der Waals surface area contributed by atoms with Crippen LogP contribution in [0, 0.1) is 0 Å². The first-order valence-electron chi connectivity index (χ1n) is 14.0. The average molecular weight is 603 g/mol. The lowest BCUT2D eigenvalue weighted by Gasteiger charge is -2.20. The van der Waals surface area contributed by atoms with E-state index >= 15 is 0 Å². The van der Waals surface area contributed by atoms with Crippen LogP contribution in [0.15, 0.2) is 82.7 Å². The summed E-state index contributed by atoms with van der Waals surface area (Å²) in [4.78, 5) is 33.3. The summed E-state index contributed by atoms with van der Waals surface area (Å²) in [5, 5.41) is 6.39. The Morgan fingerprint density at radius 1 is 1.02 bits per heavy atom. The molecule has 8 nitrogen and oxygen atoms in total. The van der Waals surface area contributed by atoms with Crippen molar-refractivity contribution in [1.29, 1.82) is 0 Å². The number of nitrogens with zero attached hydrogens (tertiary/aromatic N) is 2. The summed E-state index contributed by atoms with van der Waals surface area (Å²) in [6.45, 7) is 5.80. The van der Waals surface area contributed by atoms with Gasteiger partial charge in [-0.25, -0.2) is 13.4 Å². The van der Waals surface area contributed by atoms with E-state index in [0.717, 1.165) is 34.8 Å². The molecule has 1 aromatic heterocycles. The molecular weight excluding hydrogens is 569 g/mol. The number of nitrogens with one attached hydrogen (secondary N) is 2. The highest BCUT2D eigenvalue weighted by molar-refractivity contribution is 7.91. The van der Waals surface area contributed by atoms with Gasteiger partial charge >= 0.3 is 0 Å². The lowest BCUT2D eigenvalue weighted by Crippen LogP contribution is -2.27. The summed E-state index contributed by atoms with van der Waals surface area (Å²) in [7, 11) is -1.77. The molecule has 0 radical (unpaired) electrons. The number of hydrogen-bond acceptors (Lipinski definition) is 7. The van der Waals surface area contributed by atoms with E-state index in [9.17, 15) is 18.0 Å². The minimum atomic E-state index is -3.93. The first-order valence-corrected chi connectivity index (χ1v) is 16.3. The second kappa shape index (κ2) is 12.6. The fraction of sp³-hybridized carbons (Fsp3) is 0.281. The summed E-state index contributed by atoms with van der Waals surface area (Å²) in [6, 6.07) is 19.3. The van der Waals surface area contributed by atoms with Gasteiger partial charge in [-0.05, 0) is 82.6 Å². The molecule has 0 fully saturated rings. The second-order valence-electron chi connectivity index (χ2n) is 10.7. The van der Waals surface area contributed by atoms with Gasteiger partial charge in [-0.15, -0.1) is 11.3 Å². The van der Waals surface area contributed by atoms with Gasteiger partial charge in [0.25, 0.3) is 11.8 Å². The molecule has 3 aromatic carbocycles. The SMILES string of the molecule is CC(C)N(C)CCCCc1ccc(-c2ncc(CNC(=O)c3ccc4c(c3)NC(=O)c3ccccc3S4(=O)=O)s2)cc1. The largest absolute Gasteiger partial charge is 0.347 e. The van der Waals surface area contributed by atoms with Crippen molar-refractivity contribution < 1.29 is 18.0 Å². The Hall–Kier alpha value is -3.86. The van der Waals surface area contributed by atoms with Gasteiger partial charge in [0.2, 0.25) is 9.84 Å². The van der Waals surface area contributed by atoms with E-state index in [1.54, 1.807) is 18.3 Å². The Morgan fingerprint density at radius 2 is 1.79 bits per heavy atom. The highest BCUT2D eigenvalue weighted by Gasteiger charge is 2.31. The van der Waals surface area contributed by atoms with Crippen molar-refractivity contribution in [3.8, 4) is 10.6 Å². The summed E-state index contributed by atoms with van der Waals surface area (Å²) in [6.07, 6.45) is 5.12. The van der Waals surface area contributed by atoms with E-state index in [1.807, 2.05) is 0 Å². The number of thiazole rings is 1. The standard InChI is InChI=1S/C32H34N4O4S2/c1-21(2)36(3)17-7-6-8-22-11-13-23(14-12-22)32-34-20-25(41-32)19-33-30(37)24-15-16-29-27(18-24)35-31(38)26-9-4-5-10-28(26)42(29,39)40/h4-5,9-16,18,20-21H,6-8,17,19H2,1-3H3,(H,33,37)(H,35,38). The summed E-state index contributed by atoms with van der Waals surface area (Å²) in [5.41, 5.74) is 2.73. The monoisotopic (exact) mass is 602 g/mol. The minimum absolute atomic E-state index is 0.0470. The Kier molecular flexibility index (Phi) is 8.86. The van der Waals surface area contributed by atoms with Crippen LogP contribution in [0.25, 0.3) is 10.6 Å². The van der Waals surface area contributed by atoms with Crippen LogP contribution < -0.4 is 10.6 Å². The molecule has 1 aliphatic rings. The first kappa shape index (κ1) is 29.6. The molecule has 2 amide bonds. The molecule has 4 aromatic rings. The Bertz CT molecular complexity index is 1710.